The predicted molar refractivity (Wildman–Crippen MR) is 80.9 cm³/mol. The van der Waals surface area contributed by atoms with Crippen molar-refractivity contribution in [1.29, 1.82) is 0 Å². The summed E-state index contributed by atoms with van der Waals surface area (Å²) in [7, 11) is 1.32. The molecular weight excluding hydrogens is 270 g/mol. The average Bonchev–Trinajstić information content (AvgIpc) is 2.51. The van der Waals surface area contributed by atoms with Crippen LogP contribution in [-0.4, -0.2) is 32.1 Å². The van der Waals surface area contributed by atoms with Gasteiger partial charge in [-0.3, -0.25) is 9.59 Å². The second-order valence-corrected chi connectivity index (χ2v) is 4.37. The first kappa shape index (κ1) is 16.8. The summed E-state index contributed by atoms with van der Waals surface area (Å²) in [5.74, 6) is 0.226. The van der Waals surface area contributed by atoms with E-state index in [0.717, 1.165) is 17.7 Å². The van der Waals surface area contributed by atoms with Crippen LogP contribution < -0.4 is 10.1 Å². The molecule has 0 atom stereocenters. The summed E-state index contributed by atoms with van der Waals surface area (Å²) in [6.45, 7) is 3.01. The fourth-order valence-electron chi connectivity index (χ4n) is 1.52. The number of nitrogens with one attached hydrogen (secondary N) is 1. The Morgan fingerprint density at radius 2 is 1.95 bits per heavy atom. The van der Waals surface area contributed by atoms with Gasteiger partial charge in [-0.2, -0.15) is 0 Å². The van der Waals surface area contributed by atoms with Crippen molar-refractivity contribution in [2.24, 2.45) is 0 Å². The van der Waals surface area contributed by atoms with Crippen molar-refractivity contribution in [1.82, 2.24) is 5.32 Å². The molecule has 0 saturated carbocycles. The molecule has 1 N–H and O–H groups in total. The zero-order valence-corrected chi connectivity index (χ0v) is 12.4. The maximum Gasteiger partial charge on any atom is 0.307 e. The van der Waals surface area contributed by atoms with Crippen molar-refractivity contribution >= 4 is 18.0 Å². The number of hydrogen-bond acceptors (Lipinski definition) is 4. The van der Waals surface area contributed by atoms with Crippen LogP contribution in [0.2, 0.25) is 0 Å². The molecule has 0 saturated heterocycles. The van der Waals surface area contributed by atoms with Crippen LogP contribution in [0.3, 0.4) is 0 Å². The minimum atomic E-state index is -0.345. The highest BCUT2D eigenvalue weighted by molar-refractivity contribution is 5.91. The van der Waals surface area contributed by atoms with E-state index in [4.69, 9.17) is 4.74 Å². The highest BCUT2D eigenvalue weighted by Crippen LogP contribution is 2.13. The molecule has 0 spiro atoms. The van der Waals surface area contributed by atoms with Gasteiger partial charge in [0.15, 0.2) is 0 Å². The van der Waals surface area contributed by atoms with Crippen LogP contribution in [-0.2, 0) is 14.3 Å². The summed E-state index contributed by atoms with van der Waals surface area (Å²) in [6.07, 6.45) is 4.27. The molecule has 0 fully saturated rings. The molecular formula is C16H21NO4. The molecule has 0 aromatic heterocycles. The molecule has 21 heavy (non-hydrogen) atoms. The van der Waals surface area contributed by atoms with Crippen molar-refractivity contribution in [3.8, 4) is 5.75 Å². The van der Waals surface area contributed by atoms with Gasteiger partial charge in [-0.05, 0) is 30.2 Å². The normalized spacial score (nSPS) is 10.4. The van der Waals surface area contributed by atoms with Crippen molar-refractivity contribution in [3.63, 3.8) is 0 Å². The van der Waals surface area contributed by atoms with E-state index in [9.17, 15) is 9.59 Å². The third-order valence-corrected chi connectivity index (χ3v) is 2.64. The summed E-state index contributed by atoms with van der Waals surface area (Å²) in [5, 5.41) is 2.61. The topological polar surface area (TPSA) is 64.6 Å². The van der Waals surface area contributed by atoms with E-state index in [1.807, 2.05) is 24.3 Å². The molecule has 0 unspecified atom stereocenters. The van der Waals surface area contributed by atoms with E-state index in [1.54, 1.807) is 6.08 Å². The first-order valence-corrected chi connectivity index (χ1v) is 6.91. The Kier molecular flexibility index (Phi) is 7.64. The van der Waals surface area contributed by atoms with Gasteiger partial charge in [-0.1, -0.05) is 19.1 Å². The fourth-order valence-corrected chi connectivity index (χ4v) is 1.52. The molecule has 1 aromatic carbocycles. The van der Waals surface area contributed by atoms with E-state index >= 15 is 0 Å². The van der Waals surface area contributed by atoms with Gasteiger partial charge >= 0.3 is 5.97 Å². The summed E-state index contributed by atoms with van der Waals surface area (Å²) < 4.78 is 9.96. The number of amides is 1. The Morgan fingerprint density at radius 1 is 1.24 bits per heavy atom. The Balaban J connectivity index is 2.37. The summed E-state index contributed by atoms with van der Waals surface area (Å²) in [5.41, 5.74) is 0.905. The summed E-state index contributed by atoms with van der Waals surface area (Å²) in [4.78, 5) is 22.4. The van der Waals surface area contributed by atoms with Gasteiger partial charge in [0.2, 0.25) is 5.91 Å². The number of ether oxygens (including phenoxy) is 2. The van der Waals surface area contributed by atoms with Gasteiger partial charge in [0.1, 0.15) is 5.75 Å². The Bertz CT molecular complexity index is 480. The van der Waals surface area contributed by atoms with E-state index in [2.05, 4.69) is 17.0 Å². The van der Waals surface area contributed by atoms with Crippen LogP contribution in [0.5, 0.6) is 5.75 Å². The number of hydrogen-bond donors (Lipinski definition) is 1. The van der Waals surface area contributed by atoms with E-state index < -0.39 is 0 Å². The third-order valence-electron chi connectivity index (χ3n) is 2.64. The number of rotatable bonds is 8. The van der Waals surface area contributed by atoms with Gasteiger partial charge < -0.3 is 14.8 Å². The van der Waals surface area contributed by atoms with E-state index in [0.29, 0.717) is 6.61 Å². The van der Waals surface area contributed by atoms with Gasteiger partial charge in [-0.15, -0.1) is 0 Å². The number of esters is 1. The van der Waals surface area contributed by atoms with Gasteiger partial charge in [0.25, 0.3) is 0 Å². The SMILES string of the molecule is CCCOc1ccc(/C=C/C(=O)NCCC(=O)OC)cc1. The predicted octanol–water partition coefficient (Wildman–Crippen LogP) is 2.17. The second kappa shape index (κ2) is 9.58. The lowest BCUT2D eigenvalue weighted by Gasteiger charge is -2.04. The molecule has 1 rings (SSSR count). The van der Waals surface area contributed by atoms with Crippen LogP contribution in [0.15, 0.2) is 30.3 Å². The first-order valence-electron chi connectivity index (χ1n) is 6.91. The fraction of sp³-hybridized carbons (Fsp3) is 0.375. The minimum Gasteiger partial charge on any atom is -0.494 e. The molecule has 0 aliphatic rings. The maximum atomic E-state index is 11.5. The number of carbonyl (C=O) groups is 2. The molecule has 1 amide bonds. The van der Waals surface area contributed by atoms with Crippen LogP contribution >= 0.6 is 0 Å². The highest BCUT2D eigenvalue weighted by atomic mass is 16.5. The lowest BCUT2D eigenvalue weighted by molar-refractivity contribution is -0.140. The van der Waals surface area contributed by atoms with Gasteiger partial charge in [-0.25, -0.2) is 0 Å². The van der Waals surface area contributed by atoms with Crippen LogP contribution in [0.4, 0.5) is 0 Å². The zero-order valence-electron chi connectivity index (χ0n) is 12.4. The van der Waals surface area contributed by atoms with Gasteiger partial charge in [0, 0.05) is 12.6 Å². The quantitative estimate of drug-likeness (QED) is 0.589. The molecule has 0 radical (unpaired) electrons. The summed E-state index contributed by atoms with van der Waals surface area (Å²) >= 11 is 0. The standard InChI is InChI=1S/C16H21NO4/c1-3-12-21-14-7-4-13(5-8-14)6-9-15(18)17-11-10-16(19)20-2/h4-9H,3,10-12H2,1-2H3,(H,17,18)/b9-6+. The zero-order chi connectivity index (χ0) is 15.5. The minimum absolute atomic E-state index is 0.166. The molecule has 5 heteroatoms. The molecule has 0 heterocycles. The lowest BCUT2D eigenvalue weighted by atomic mass is 10.2. The smallest absolute Gasteiger partial charge is 0.307 e. The Morgan fingerprint density at radius 3 is 2.57 bits per heavy atom. The van der Waals surface area contributed by atoms with Crippen LogP contribution in [0.1, 0.15) is 25.3 Å². The Labute approximate surface area is 124 Å². The Hall–Kier alpha value is -2.30. The maximum absolute atomic E-state index is 11.5. The molecule has 5 nitrogen and oxygen atoms in total. The van der Waals surface area contributed by atoms with Crippen LogP contribution in [0.25, 0.3) is 6.08 Å². The number of benzene rings is 1. The average molecular weight is 291 g/mol. The largest absolute Gasteiger partial charge is 0.494 e. The van der Waals surface area contributed by atoms with Crippen molar-refractivity contribution in [3.05, 3.63) is 35.9 Å². The number of carbonyl (C=O) groups excluding carboxylic acids is 2. The molecule has 0 aliphatic carbocycles. The molecule has 0 aliphatic heterocycles. The third kappa shape index (κ3) is 7.15. The second-order valence-electron chi connectivity index (χ2n) is 4.37. The first-order chi connectivity index (χ1) is 10.2. The lowest BCUT2D eigenvalue weighted by Crippen LogP contribution is -2.24. The molecule has 0 bridgehead atoms. The van der Waals surface area contributed by atoms with Crippen molar-refractivity contribution < 1.29 is 19.1 Å². The monoisotopic (exact) mass is 291 g/mol. The van der Waals surface area contributed by atoms with Gasteiger partial charge in [0.05, 0.1) is 20.1 Å². The number of methoxy groups -OCH3 is 1. The van der Waals surface area contributed by atoms with Crippen LogP contribution in [0, 0.1) is 0 Å². The molecule has 114 valence electrons. The van der Waals surface area contributed by atoms with E-state index in [1.165, 1.54) is 13.2 Å². The van der Waals surface area contributed by atoms with E-state index in [-0.39, 0.29) is 24.8 Å². The summed E-state index contributed by atoms with van der Waals surface area (Å²) in [6, 6.07) is 7.49. The highest BCUT2D eigenvalue weighted by Gasteiger charge is 2.01. The van der Waals surface area contributed by atoms with Crippen molar-refractivity contribution in [2.75, 3.05) is 20.3 Å². The van der Waals surface area contributed by atoms with Crippen molar-refractivity contribution in [2.45, 2.75) is 19.8 Å². The molecule has 1 aromatic rings.